The maximum atomic E-state index is 11.1. The summed E-state index contributed by atoms with van der Waals surface area (Å²) in [4.78, 5) is 13.5. The van der Waals surface area contributed by atoms with Gasteiger partial charge in [-0.25, -0.2) is 13.1 Å². The summed E-state index contributed by atoms with van der Waals surface area (Å²) >= 11 is 0. The van der Waals surface area contributed by atoms with Gasteiger partial charge in [0.15, 0.2) is 0 Å². The van der Waals surface area contributed by atoms with Crippen molar-refractivity contribution in [2.45, 2.75) is 57.0 Å². The minimum atomic E-state index is -3.55. The van der Waals surface area contributed by atoms with Gasteiger partial charge in [-0.2, -0.15) is 0 Å². The number of hydrogen-bond donors (Lipinski definition) is 1. The lowest BCUT2D eigenvalue weighted by atomic mass is 9.84. The summed E-state index contributed by atoms with van der Waals surface area (Å²) < 4.78 is 24.2. The van der Waals surface area contributed by atoms with Gasteiger partial charge in [-0.3, -0.25) is 9.69 Å². The van der Waals surface area contributed by atoms with Crippen LogP contribution in [0.1, 0.15) is 65.0 Å². The highest BCUT2D eigenvalue weighted by Gasteiger charge is 2.31. The number of nitrogens with one attached hydrogen (secondary N) is 1. The van der Waals surface area contributed by atoms with Crippen molar-refractivity contribution in [3.63, 3.8) is 0 Å². The van der Waals surface area contributed by atoms with Crippen LogP contribution in [0.3, 0.4) is 0 Å². The van der Waals surface area contributed by atoms with Crippen molar-refractivity contribution in [3.05, 3.63) is 100 Å². The average molecular weight is 477 g/mol. The van der Waals surface area contributed by atoms with Crippen LogP contribution in [0.25, 0.3) is 0 Å². The lowest BCUT2D eigenvalue weighted by Gasteiger charge is -2.35. The maximum absolute atomic E-state index is 11.1. The van der Waals surface area contributed by atoms with Crippen LogP contribution in [0.15, 0.2) is 71.6 Å². The summed E-state index contributed by atoms with van der Waals surface area (Å²) in [5.74, 6) is -0.550. The Bertz CT molecular complexity index is 1320. The Kier molecular flexibility index (Phi) is 6.40. The van der Waals surface area contributed by atoms with E-state index in [2.05, 4.69) is 82.1 Å². The Morgan fingerprint density at radius 3 is 2.26 bits per heavy atom. The molecule has 5 rings (SSSR count). The molecular weight excluding hydrogens is 444 g/mol. The minimum Gasteiger partial charge on any atom is -0.295 e. The van der Waals surface area contributed by atoms with E-state index >= 15 is 0 Å². The minimum absolute atomic E-state index is 0.0648. The number of fused-ring (bicyclic) bond motifs is 2. The second-order valence-corrected chi connectivity index (χ2v) is 11.9. The van der Waals surface area contributed by atoms with Crippen molar-refractivity contribution < 1.29 is 13.2 Å². The van der Waals surface area contributed by atoms with Crippen LogP contribution in [-0.2, 0) is 28.4 Å². The van der Waals surface area contributed by atoms with Crippen LogP contribution in [0.4, 0.5) is 0 Å². The topological polar surface area (TPSA) is 66.5 Å². The van der Waals surface area contributed by atoms with E-state index in [1.54, 1.807) is 12.1 Å². The van der Waals surface area contributed by atoms with Gasteiger partial charge in [0.2, 0.25) is 0 Å². The fourth-order valence-corrected chi connectivity index (χ4v) is 5.71. The van der Waals surface area contributed by atoms with E-state index in [1.807, 2.05) is 4.72 Å². The molecule has 0 radical (unpaired) electrons. The van der Waals surface area contributed by atoms with E-state index in [0.717, 1.165) is 13.0 Å². The Morgan fingerprint density at radius 2 is 1.62 bits per heavy atom. The van der Waals surface area contributed by atoms with Crippen LogP contribution >= 0.6 is 0 Å². The van der Waals surface area contributed by atoms with Gasteiger partial charge >= 0.3 is 0 Å². The van der Waals surface area contributed by atoms with E-state index in [1.165, 1.54) is 39.9 Å². The van der Waals surface area contributed by atoms with Crippen molar-refractivity contribution in [2.75, 3.05) is 7.05 Å². The number of sulfonamides is 1. The molecule has 34 heavy (non-hydrogen) atoms. The fourth-order valence-electron chi connectivity index (χ4n) is 4.54. The molecule has 1 unspecified atom stereocenters. The molecule has 0 aliphatic carbocycles. The zero-order valence-corrected chi connectivity index (χ0v) is 21.2. The SMILES string of the molecule is Cc1ccc2c(c1)CN(C)C(c1ccc(C(C)(C)C)cc1)C2.O=C1NS(=O)(=O)c2ccccc21. The highest BCUT2D eigenvalue weighted by Crippen LogP contribution is 2.33. The van der Waals surface area contributed by atoms with Crippen LogP contribution in [0, 0.1) is 6.92 Å². The van der Waals surface area contributed by atoms with E-state index < -0.39 is 15.9 Å². The zero-order valence-electron chi connectivity index (χ0n) is 20.4. The molecule has 6 heteroatoms. The Balaban J connectivity index is 0.000000192. The second kappa shape index (κ2) is 9.01. The van der Waals surface area contributed by atoms with Gasteiger partial charge in [-0.1, -0.05) is 80.9 Å². The number of carbonyl (C=O) groups excluding carboxylic acids is 1. The normalized spacial score (nSPS) is 18.9. The first-order valence-electron chi connectivity index (χ1n) is 11.5. The predicted octanol–water partition coefficient (Wildman–Crippen LogP) is 5.14. The third-order valence-corrected chi connectivity index (χ3v) is 7.93. The summed E-state index contributed by atoms with van der Waals surface area (Å²) in [5.41, 5.74) is 7.64. The molecule has 5 nitrogen and oxygen atoms in total. The van der Waals surface area contributed by atoms with E-state index in [4.69, 9.17) is 0 Å². The molecule has 0 fully saturated rings. The van der Waals surface area contributed by atoms with Gasteiger partial charge in [-0.15, -0.1) is 0 Å². The van der Waals surface area contributed by atoms with E-state index in [0.29, 0.717) is 6.04 Å². The van der Waals surface area contributed by atoms with Crippen LogP contribution in [-0.4, -0.2) is 26.3 Å². The van der Waals surface area contributed by atoms with Crippen molar-refractivity contribution >= 4 is 15.9 Å². The van der Waals surface area contributed by atoms with Gasteiger partial charge in [0.25, 0.3) is 15.9 Å². The van der Waals surface area contributed by atoms with Crippen molar-refractivity contribution in [1.29, 1.82) is 0 Å². The smallest absolute Gasteiger partial charge is 0.266 e. The van der Waals surface area contributed by atoms with Gasteiger partial charge in [0.1, 0.15) is 4.90 Å². The van der Waals surface area contributed by atoms with Crippen molar-refractivity contribution in [2.24, 2.45) is 0 Å². The molecule has 2 heterocycles. The maximum Gasteiger partial charge on any atom is 0.266 e. The van der Waals surface area contributed by atoms with Gasteiger partial charge < -0.3 is 0 Å². The molecule has 0 saturated carbocycles. The first-order chi connectivity index (χ1) is 16.0. The van der Waals surface area contributed by atoms with Gasteiger partial charge in [0, 0.05) is 12.6 Å². The molecule has 1 atom stereocenters. The second-order valence-electron chi connectivity index (χ2n) is 10.2. The van der Waals surface area contributed by atoms with Crippen molar-refractivity contribution in [3.8, 4) is 0 Å². The number of benzene rings is 3. The summed E-state index contributed by atoms with van der Waals surface area (Å²) in [6, 6.07) is 22.7. The number of likely N-dealkylation sites (N-methyl/N-ethyl adjacent to an activating group) is 1. The third kappa shape index (κ3) is 4.93. The highest BCUT2D eigenvalue weighted by molar-refractivity contribution is 7.90. The number of rotatable bonds is 1. The van der Waals surface area contributed by atoms with Crippen LogP contribution in [0.5, 0.6) is 0 Å². The predicted molar refractivity (Wildman–Crippen MR) is 135 cm³/mol. The summed E-state index contributed by atoms with van der Waals surface area (Å²) in [5, 5.41) is 0. The first kappa shape index (κ1) is 24.2. The molecule has 178 valence electrons. The molecule has 0 bridgehead atoms. The standard InChI is InChI=1S/C21H27N.C7H5NO3S/c1-15-6-7-17-13-20(22(5)14-18(17)12-15)16-8-10-19(11-9-16)21(2,3)4;9-7-5-3-1-2-4-6(5)12(10,11)8-7/h6-12,20H,13-14H2,1-5H3;1-4H,(H,8,9). The molecule has 0 aromatic heterocycles. The quantitative estimate of drug-likeness (QED) is 0.528. The van der Waals surface area contributed by atoms with Gasteiger partial charge in [0.05, 0.1) is 5.56 Å². The number of carbonyl (C=O) groups is 1. The largest absolute Gasteiger partial charge is 0.295 e. The molecule has 3 aromatic carbocycles. The Labute approximate surface area is 202 Å². The van der Waals surface area contributed by atoms with Crippen LogP contribution < -0.4 is 4.72 Å². The number of nitrogens with zero attached hydrogens (tertiary/aromatic N) is 1. The summed E-state index contributed by atoms with van der Waals surface area (Å²) in [7, 11) is -1.31. The van der Waals surface area contributed by atoms with E-state index in [9.17, 15) is 13.2 Å². The number of aryl methyl sites for hydroxylation is 1. The van der Waals surface area contributed by atoms with Gasteiger partial charge in [-0.05, 0) is 60.2 Å². The lowest BCUT2D eigenvalue weighted by Crippen LogP contribution is -2.31. The third-order valence-electron chi connectivity index (χ3n) is 6.54. The molecule has 1 N–H and O–H groups in total. The molecule has 2 aliphatic rings. The molecular formula is C28H32N2O3S. The lowest BCUT2D eigenvalue weighted by molar-refractivity contribution is 0.0985. The number of amides is 1. The summed E-state index contributed by atoms with van der Waals surface area (Å²) in [6.07, 6.45) is 1.11. The van der Waals surface area contributed by atoms with Crippen molar-refractivity contribution in [1.82, 2.24) is 9.62 Å². The van der Waals surface area contributed by atoms with E-state index in [-0.39, 0.29) is 15.9 Å². The van der Waals surface area contributed by atoms with Crippen LogP contribution in [0.2, 0.25) is 0 Å². The Morgan fingerprint density at radius 1 is 0.941 bits per heavy atom. The average Bonchev–Trinajstić information content (AvgIpc) is 3.02. The molecule has 2 aliphatic heterocycles. The summed E-state index contributed by atoms with van der Waals surface area (Å²) in [6.45, 7) is 10.0. The number of hydrogen-bond acceptors (Lipinski definition) is 4. The molecule has 0 spiro atoms. The monoisotopic (exact) mass is 476 g/mol. The Hall–Kier alpha value is -2.96. The fraction of sp³-hybridized carbons (Fsp3) is 0.321. The molecule has 0 saturated heterocycles. The molecule has 1 amide bonds. The zero-order chi connectivity index (χ0) is 24.7. The molecule has 3 aromatic rings. The highest BCUT2D eigenvalue weighted by atomic mass is 32.2. The first-order valence-corrected chi connectivity index (χ1v) is 13.0.